The Hall–Kier alpha value is -1.62. The summed E-state index contributed by atoms with van der Waals surface area (Å²) in [4.78, 5) is 31.3. The lowest BCUT2D eigenvalue weighted by Gasteiger charge is -2.10. The molecule has 1 amide bonds. The van der Waals surface area contributed by atoms with Gasteiger partial charge in [0.15, 0.2) is 5.43 Å². The zero-order valence-corrected chi connectivity index (χ0v) is 9.79. The second-order valence-corrected chi connectivity index (χ2v) is 4.35. The second-order valence-electron chi connectivity index (χ2n) is 4.35. The third-order valence-corrected chi connectivity index (χ3v) is 2.92. The van der Waals surface area contributed by atoms with Crippen molar-refractivity contribution in [3.05, 3.63) is 33.7 Å². The van der Waals surface area contributed by atoms with Crippen molar-refractivity contribution in [3.63, 3.8) is 0 Å². The van der Waals surface area contributed by atoms with E-state index in [9.17, 15) is 9.59 Å². The van der Waals surface area contributed by atoms with Gasteiger partial charge >= 0.3 is 0 Å². The molecule has 1 fully saturated rings. The zero-order chi connectivity index (χ0) is 12.3. The smallest absolute Gasteiger partial charge is 0.280 e. The van der Waals surface area contributed by atoms with Gasteiger partial charge in [0.2, 0.25) is 0 Å². The number of rotatable bonds is 3. The highest BCUT2D eigenvalue weighted by atomic mass is 16.7. The number of carbonyl (C=O) groups is 1. The maximum absolute atomic E-state index is 11.7. The molecule has 1 saturated carbocycles. The first kappa shape index (κ1) is 11.9. The highest BCUT2D eigenvalue weighted by molar-refractivity contribution is 5.92. The summed E-state index contributed by atoms with van der Waals surface area (Å²) in [6.07, 6.45) is 5.68. The molecule has 5 heteroatoms. The summed E-state index contributed by atoms with van der Waals surface area (Å²) in [6, 6.07) is 1.39. The van der Waals surface area contributed by atoms with E-state index in [-0.39, 0.29) is 17.1 Å². The molecule has 1 heterocycles. The molecule has 2 rings (SSSR count). The quantitative estimate of drug-likeness (QED) is 0.777. The van der Waals surface area contributed by atoms with Crippen molar-refractivity contribution in [1.82, 2.24) is 10.5 Å². The van der Waals surface area contributed by atoms with Crippen LogP contribution >= 0.6 is 0 Å². The summed E-state index contributed by atoms with van der Waals surface area (Å²) >= 11 is 0. The minimum Gasteiger partial charge on any atom is -0.364 e. The van der Waals surface area contributed by atoms with Gasteiger partial charge in [-0.2, -0.15) is 0 Å². The molecule has 0 bridgehead atoms. The topological polar surface area (TPSA) is 71.2 Å². The minimum absolute atomic E-state index is 0.0774. The number of hydrogen-bond acceptors (Lipinski definition) is 3. The van der Waals surface area contributed by atoms with E-state index in [1.807, 2.05) is 0 Å². The Bertz CT molecular complexity index is 461. The molecule has 0 aromatic carbocycles. The predicted octanol–water partition coefficient (Wildman–Crippen LogP) is 1.29. The fraction of sp³-hybridized carbons (Fsp3) is 0.500. The van der Waals surface area contributed by atoms with Crippen LogP contribution in [0.4, 0.5) is 0 Å². The van der Waals surface area contributed by atoms with Crippen molar-refractivity contribution in [1.29, 1.82) is 0 Å². The van der Waals surface area contributed by atoms with Crippen LogP contribution in [0, 0.1) is 6.92 Å². The van der Waals surface area contributed by atoms with Crippen LogP contribution in [-0.2, 0) is 4.84 Å². The second kappa shape index (κ2) is 5.14. The number of nitrogens with one attached hydrogen (secondary N) is 2. The van der Waals surface area contributed by atoms with Gasteiger partial charge in [0.1, 0.15) is 5.56 Å². The summed E-state index contributed by atoms with van der Waals surface area (Å²) in [7, 11) is 0. The van der Waals surface area contributed by atoms with Gasteiger partial charge in [-0.1, -0.05) is 12.8 Å². The molecule has 0 atom stereocenters. The van der Waals surface area contributed by atoms with E-state index in [0.717, 1.165) is 31.4 Å². The van der Waals surface area contributed by atoms with E-state index in [0.29, 0.717) is 0 Å². The van der Waals surface area contributed by atoms with Gasteiger partial charge in [-0.25, -0.2) is 5.48 Å². The van der Waals surface area contributed by atoms with Crippen LogP contribution in [0.25, 0.3) is 0 Å². The molecule has 5 nitrogen and oxygen atoms in total. The number of aromatic amines is 1. The average Bonchev–Trinajstić information content (AvgIpc) is 2.78. The van der Waals surface area contributed by atoms with Crippen LogP contribution in [0.1, 0.15) is 41.7 Å². The average molecular weight is 236 g/mol. The fourth-order valence-corrected chi connectivity index (χ4v) is 1.95. The van der Waals surface area contributed by atoms with E-state index < -0.39 is 5.91 Å². The van der Waals surface area contributed by atoms with Crippen LogP contribution in [-0.4, -0.2) is 17.0 Å². The van der Waals surface area contributed by atoms with Crippen molar-refractivity contribution in [3.8, 4) is 0 Å². The maximum atomic E-state index is 11.7. The molecule has 1 aliphatic rings. The first-order valence-electron chi connectivity index (χ1n) is 5.82. The summed E-state index contributed by atoms with van der Waals surface area (Å²) < 4.78 is 0. The number of aromatic nitrogens is 1. The number of amides is 1. The minimum atomic E-state index is -0.488. The predicted molar refractivity (Wildman–Crippen MR) is 62.6 cm³/mol. The number of pyridine rings is 1. The molecule has 0 aliphatic heterocycles. The summed E-state index contributed by atoms with van der Waals surface area (Å²) in [6.45, 7) is 1.76. The van der Waals surface area contributed by atoms with Gasteiger partial charge in [0.25, 0.3) is 5.91 Å². The highest BCUT2D eigenvalue weighted by Crippen LogP contribution is 2.19. The van der Waals surface area contributed by atoms with E-state index in [1.54, 1.807) is 6.92 Å². The molecule has 2 N–H and O–H groups in total. The lowest BCUT2D eigenvalue weighted by molar-refractivity contribution is -0.0125. The molecule has 0 spiro atoms. The normalized spacial score (nSPS) is 16.1. The molecule has 1 aromatic heterocycles. The van der Waals surface area contributed by atoms with Crippen molar-refractivity contribution in [2.75, 3.05) is 0 Å². The Morgan fingerprint density at radius 2 is 2.18 bits per heavy atom. The Morgan fingerprint density at radius 1 is 1.47 bits per heavy atom. The van der Waals surface area contributed by atoms with Crippen LogP contribution in [0.15, 0.2) is 17.1 Å². The van der Waals surface area contributed by atoms with Gasteiger partial charge in [0, 0.05) is 18.0 Å². The Labute approximate surface area is 99.1 Å². The van der Waals surface area contributed by atoms with E-state index in [2.05, 4.69) is 10.5 Å². The van der Waals surface area contributed by atoms with E-state index in [1.165, 1.54) is 12.3 Å². The monoisotopic (exact) mass is 236 g/mol. The van der Waals surface area contributed by atoms with Crippen LogP contribution in [0.3, 0.4) is 0 Å². The Morgan fingerprint density at radius 3 is 2.82 bits per heavy atom. The SMILES string of the molecule is Cc1cc(=O)c(C(=O)NOC2CCCC2)c[nH]1. The van der Waals surface area contributed by atoms with Crippen LogP contribution in [0.2, 0.25) is 0 Å². The summed E-state index contributed by atoms with van der Waals surface area (Å²) in [5.74, 6) is -0.488. The van der Waals surface area contributed by atoms with Gasteiger partial charge in [-0.05, 0) is 19.8 Å². The molecular formula is C12H16N2O3. The molecule has 1 aliphatic carbocycles. The first-order chi connectivity index (χ1) is 8.16. The van der Waals surface area contributed by atoms with Crippen molar-refractivity contribution < 1.29 is 9.63 Å². The molecule has 92 valence electrons. The van der Waals surface area contributed by atoms with Gasteiger partial charge in [-0.3, -0.25) is 14.4 Å². The fourth-order valence-electron chi connectivity index (χ4n) is 1.95. The lowest BCUT2D eigenvalue weighted by Crippen LogP contribution is -2.31. The third-order valence-electron chi connectivity index (χ3n) is 2.92. The van der Waals surface area contributed by atoms with Gasteiger partial charge in [-0.15, -0.1) is 0 Å². The standard InChI is InChI=1S/C12H16N2O3/c1-8-6-11(15)10(7-13-8)12(16)14-17-9-4-2-3-5-9/h6-7,9H,2-5H2,1H3,(H,13,15)(H,14,16). The summed E-state index contributed by atoms with van der Waals surface area (Å²) in [5, 5.41) is 0. The number of H-pyrrole nitrogens is 1. The maximum Gasteiger partial charge on any atom is 0.280 e. The zero-order valence-electron chi connectivity index (χ0n) is 9.79. The van der Waals surface area contributed by atoms with Crippen molar-refractivity contribution in [2.45, 2.75) is 38.7 Å². The van der Waals surface area contributed by atoms with Gasteiger partial charge < -0.3 is 4.98 Å². The molecule has 0 unspecified atom stereocenters. The molecule has 0 radical (unpaired) electrons. The number of hydrogen-bond donors (Lipinski definition) is 2. The van der Waals surface area contributed by atoms with E-state index in [4.69, 9.17) is 4.84 Å². The van der Waals surface area contributed by atoms with Gasteiger partial charge in [0.05, 0.1) is 6.10 Å². The molecular weight excluding hydrogens is 220 g/mol. The summed E-state index contributed by atoms with van der Waals surface area (Å²) in [5.41, 5.74) is 2.85. The van der Waals surface area contributed by atoms with Crippen molar-refractivity contribution >= 4 is 5.91 Å². The first-order valence-corrected chi connectivity index (χ1v) is 5.82. The Balaban J connectivity index is 1.97. The molecule has 0 saturated heterocycles. The largest absolute Gasteiger partial charge is 0.364 e. The third kappa shape index (κ3) is 2.94. The van der Waals surface area contributed by atoms with Crippen LogP contribution < -0.4 is 10.9 Å². The van der Waals surface area contributed by atoms with Crippen LogP contribution in [0.5, 0.6) is 0 Å². The van der Waals surface area contributed by atoms with Crippen molar-refractivity contribution in [2.24, 2.45) is 0 Å². The lowest BCUT2D eigenvalue weighted by atomic mass is 10.2. The highest BCUT2D eigenvalue weighted by Gasteiger charge is 2.18. The molecule has 17 heavy (non-hydrogen) atoms. The van der Waals surface area contributed by atoms with E-state index >= 15 is 0 Å². The number of hydroxylamine groups is 1. The molecule has 1 aromatic rings. The number of aryl methyl sites for hydroxylation is 1. The Kier molecular flexibility index (Phi) is 3.58. The number of carbonyl (C=O) groups excluding carboxylic acids is 1.